The molecule has 4 heteroatoms. The molecule has 0 amide bonds. The molecule has 1 fully saturated rings. The van der Waals surface area contributed by atoms with Gasteiger partial charge in [-0.2, -0.15) is 0 Å². The first-order chi connectivity index (χ1) is 10.6. The van der Waals surface area contributed by atoms with Crippen molar-refractivity contribution in [1.82, 2.24) is 10.2 Å². The summed E-state index contributed by atoms with van der Waals surface area (Å²) in [5.74, 6) is 0.586. The number of piperazine rings is 1. The van der Waals surface area contributed by atoms with Crippen molar-refractivity contribution in [2.75, 3.05) is 26.2 Å². The molecular formula is C18H23BrN2S. The standard InChI is InChI=1S/C18H23BrN2S/c1-13(2)14-3-5-15(6-4-14)18(16-7-8-17(19)22-16)21-11-9-20-10-12-21/h3-8,13,18,20H,9-12H2,1-2H3. The van der Waals surface area contributed by atoms with Gasteiger partial charge in [0.15, 0.2) is 0 Å². The van der Waals surface area contributed by atoms with Crippen molar-refractivity contribution in [3.8, 4) is 0 Å². The van der Waals surface area contributed by atoms with Gasteiger partial charge in [0.25, 0.3) is 0 Å². The molecule has 1 aromatic heterocycles. The minimum absolute atomic E-state index is 0.375. The fourth-order valence-electron chi connectivity index (χ4n) is 3.03. The van der Waals surface area contributed by atoms with Gasteiger partial charge >= 0.3 is 0 Å². The molecule has 1 saturated heterocycles. The lowest BCUT2D eigenvalue weighted by Gasteiger charge is -2.35. The first kappa shape index (κ1) is 16.2. The highest BCUT2D eigenvalue weighted by atomic mass is 79.9. The van der Waals surface area contributed by atoms with E-state index < -0.39 is 0 Å². The smallest absolute Gasteiger partial charge is 0.0702 e. The van der Waals surface area contributed by atoms with Gasteiger partial charge < -0.3 is 5.32 Å². The number of benzene rings is 1. The second-order valence-electron chi connectivity index (χ2n) is 6.15. The number of halogens is 1. The molecule has 1 unspecified atom stereocenters. The SMILES string of the molecule is CC(C)c1ccc(C(c2ccc(Br)s2)N2CCNCC2)cc1. The molecule has 0 bridgehead atoms. The molecule has 1 aliphatic heterocycles. The van der Waals surface area contributed by atoms with E-state index in [9.17, 15) is 0 Å². The molecule has 2 heterocycles. The molecule has 1 N–H and O–H groups in total. The van der Waals surface area contributed by atoms with Gasteiger partial charge in [0.05, 0.1) is 9.83 Å². The molecule has 22 heavy (non-hydrogen) atoms. The van der Waals surface area contributed by atoms with Crippen LogP contribution in [0.5, 0.6) is 0 Å². The van der Waals surface area contributed by atoms with Crippen molar-refractivity contribution in [3.63, 3.8) is 0 Å². The Hall–Kier alpha value is -0.680. The maximum atomic E-state index is 3.62. The summed E-state index contributed by atoms with van der Waals surface area (Å²) in [6.07, 6.45) is 0. The summed E-state index contributed by atoms with van der Waals surface area (Å²) in [5.41, 5.74) is 2.82. The Morgan fingerprint density at radius 2 is 1.64 bits per heavy atom. The quantitative estimate of drug-likeness (QED) is 0.833. The zero-order chi connectivity index (χ0) is 15.5. The summed E-state index contributed by atoms with van der Waals surface area (Å²) in [6.45, 7) is 8.86. The van der Waals surface area contributed by atoms with Gasteiger partial charge in [-0.15, -0.1) is 11.3 Å². The Kier molecular flexibility index (Phi) is 5.34. The minimum atomic E-state index is 0.375. The van der Waals surface area contributed by atoms with E-state index >= 15 is 0 Å². The summed E-state index contributed by atoms with van der Waals surface area (Å²) in [4.78, 5) is 4.02. The van der Waals surface area contributed by atoms with E-state index in [0.29, 0.717) is 12.0 Å². The molecule has 1 atom stereocenters. The van der Waals surface area contributed by atoms with Crippen LogP contribution in [-0.4, -0.2) is 31.1 Å². The average Bonchev–Trinajstić information content (AvgIpc) is 2.95. The van der Waals surface area contributed by atoms with Gasteiger partial charge in [-0.25, -0.2) is 0 Å². The van der Waals surface area contributed by atoms with Crippen molar-refractivity contribution in [2.45, 2.75) is 25.8 Å². The van der Waals surface area contributed by atoms with Crippen LogP contribution < -0.4 is 5.32 Å². The van der Waals surface area contributed by atoms with Gasteiger partial charge in [0, 0.05) is 31.1 Å². The van der Waals surface area contributed by atoms with Crippen molar-refractivity contribution in [2.24, 2.45) is 0 Å². The largest absolute Gasteiger partial charge is 0.314 e. The maximum absolute atomic E-state index is 3.62. The molecule has 2 aromatic rings. The van der Waals surface area contributed by atoms with Crippen LogP contribution in [0.1, 0.15) is 41.8 Å². The summed E-state index contributed by atoms with van der Waals surface area (Å²) in [5, 5.41) is 3.45. The fraction of sp³-hybridized carbons (Fsp3) is 0.444. The fourth-order valence-corrected chi connectivity index (χ4v) is 4.62. The zero-order valence-electron chi connectivity index (χ0n) is 13.2. The average molecular weight is 379 g/mol. The number of hydrogen-bond donors (Lipinski definition) is 1. The van der Waals surface area contributed by atoms with E-state index in [1.165, 1.54) is 19.8 Å². The molecule has 118 valence electrons. The summed E-state index contributed by atoms with van der Waals surface area (Å²) < 4.78 is 1.21. The van der Waals surface area contributed by atoms with E-state index in [-0.39, 0.29) is 0 Å². The lowest BCUT2D eigenvalue weighted by molar-refractivity contribution is 0.200. The molecule has 3 rings (SSSR count). The van der Waals surface area contributed by atoms with Crippen LogP contribution in [0.25, 0.3) is 0 Å². The topological polar surface area (TPSA) is 15.3 Å². The first-order valence-corrected chi connectivity index (χ1v) is 9.56. The van der Waals surface area contributed by atoms with Gasteiger partial charge in [-0.3, -0.25) is 4.90 Å². The van der Waals surface area contributed by atoms with Gasteiger partial charge in [-0.1, -0.05) is 38.1 Å². The summed E-state index contributed by atoms with van der Waals surface area (Å²) >= 11 is 5.46. The third-order valence-corrected chi connectivity index (χ3v) is 5.98. The predicted octanol–water partition coefficient (Wildman–Crippen LogP) is 4.63. The van der Waals surface area contributed by atoms with Crippen LogP contribution >= 0.6 is 27.3 Å². The second kappa shape index (κ2) is 7.26. The van der Waals surface area contributed by atoms with Crippen LogP contribution in [0.2, 0.25) is 0 Å². The molecule has 0 spiro atoms. The first-order valence-electron chi connectivity index (χ1n) is 7.95. The molecule has 1 aromatic carbocycles. The van der Waals surface area contributed by atoms with Crippen molar-refractivity contribution >= 4 is 27.3 Å². The predicted molar refractivity (Wildman–Crippen MR) is 98.8 cm³/mol. The third kappa shape index (κ3) is 3.62. The highest BCUT2D eigenvalue weighted by Crippen LogP contribution is 2.36. The van der Waals surface area contributed by atoms with Gasteiger partial charge in [0.2, 0.25) is 0 Å². The monoisotopic (exact) mass is 378 g/mol. The highest BCUT2D eigenvalue weighted by Gasteiger charge is 2.25. The van der Waals surface area contributed by atoms with Crippen LogP contribution in [0.4, 0.5) is 0 Å². The molecular weight excluding hydrogens is 356 g/mol. The lowest BCUT2D eigenvalue weighted by atomic mass is 9.97. The van der Waals surface area contributed by atoms with E-state index in [0.717, 1.165) is 26.2 Å². The number of hydrogen-bond acceptors (Lipinski definition) is 3. The molecule has 0 saturated carbocycles. The molecule has 0 radical (unpaired) electrons. The van der Waals surface area contributed by atoms with E-state index in [1.54, 1.807) is 0 Å². The number of nitrogens with one attached hydrogen (secondary N) is 1. The Morgan fingerprint density at radius 1 is 1.00 bits per heavy atom. The number of thiophene rings is 1. The van der Waals surface area contributed by atoms with E-state index in [4.69, 9.17) is 0 Å². The Morgan fingerprint density at radius 3 is 2.18 bits per heavy atom. The number of nitrogens with zero attached hydrogens (tertiary/aromatic N) is 1. The Labute approximate surface area is 145 Å². The van der Waals surface area contributed by atoms with Crippen LogP contribution in [-0.2, 0) is 0 Å². The van der Waals surface area contributed by atoms with Crippen LogP contribution in [0.3, 0.4) is 0 Å². The Bertz CT molecular complexity index is 600. The van der Waals surface area contributed by atoms with Crippen molar-refractivity contribution in [1.29, 1.82) is 0 Å². The lowest BCUT2D eigenvalue weighted by Crippen LogP contribution is -2.45. The van der Waals surface area contributed by atoms with E-state index in [2.05, 4.69) is 76.4 Å². The third-order valence-electron chi connectivity index (χ3n) is 4.30. The van der Waals surface area contributed by atoms with Crippen LogP contribution in [0, 0.1) is 0 Å². The highest BCUT2D eigenvalue weighted by molar-refractivity contribution is 9.11. The normalized spacial score (nSPS) is 17.8. The zero-order valence-corrected chi connectivity index (χ0v) is 15.6. The van der Waals surface area contributed by atoms with Gasteiger partial charge in [-0.05, 0) is 45.1 Å². The summed E-state index contributed by atoms with van der Waals surface area (Å²) in [6, 6.07) is 14.0. The molecule has 0 aliphatic carbocycles. The minimum Gasteiger partial charge on any atom is -0.314 e. The van der Waals surface area contributed by atoms with E-state index in [1.807, 2.05) is 11.3 Å². The maximum Gasteiger partial charge on any atom is 0.0702 e. The second-order valence-corrected chi connectivity index (χ2v) is 8.65. The summed E-state index contributed by atoms with van der Waals surface area (Å²) in [7, 11) is 0. The van der Waals surface area contributed by atoms with Crippen molar-refractivity contribution in [3.05, 3.63) is 56.2 Å². The Balaban J connectivity index is 1.93. The van der Waals surface area contributed by atoms with Gasteiger partial charge in [0.1, 0.15) is 0 Å². The van der Waals surface area contributed by atoms with Crippen molar-refractivity contribution < 1.29 is 0 Å². The molecule has 1 aliphatic rings. The number of rotatable bonds is 4. The molecule has 2 nitrogen and oxygen atoms in total. The van der Waals surface area contributed by atoms with Crippen LogP contribution in [0.15, 0.2) is 40.2 Å².